The number of likely N-dealkylation sites (tertiary alicyclic amines) is 2. The lowest BCUT2D eigenvalue weighted by atomic mass is 10.1. The molecule has 2 N–H and O–H groups in total. The number of carbonyl (C=O) groups excluding carboxylic acids is 2. The molecular weight excluding hydrogens is 836 g/mol. The molecule has 7 rings (SSSR count). The van der Waals surface area contributed by atoms with E-state index in [9.17, 15) is 19.2 Å². The molecule has 0 saturated carbocycles. The van der Waals surface area contributed by atoms with Crippen molar-refractivity contribution in [2.24, 2.45) is 0 Å². The maximum atomic E-state index is 12.6. The molecule has 2 amide bonds. The number of nitrogens with zero attached hydrogens (tertiary/aromatic N) is 2. The van der Waals surface area contributed by atoms with E-state index in [1.807, 2.05) is 75.4 Å². The van der Waals surface area contributed by atoms with Gasteiger partial charge in [-0.25, -0.2) is 9.59 Å². The van der Waals surface area contributed by atoms with Crippen molar-refractivity contribution in [3.05, 3.63) is 125 Å². The van der Waals surface area contributed by atoms with Crippen LogP contribution in [0.25, 0.3) is 21.8 Å². The van der Waals surface area contributed by atoms with Crippen LogP contribution in [-0.4, -0.2) is 57.8 Å². The van der Waals surface area contributed by atoms with Crippen molar-refractivity contribution in [1.29, 1.82) is 0 Å². The van der Waals surface area contributed by atoms with Gasteiger partial charge in [0.15, 0.2) is 10.9 Å². The number of fused-ring (bicyclic) bond motifs is 2. The third kappa shape index (κ3) is 11.3. The van der Waals surface area contributed by atoms with E-state index in [2.05, 4.69) is 41.8 Å². The first-order valence-corrected chi connectivity index (χ1v) is 19.0. The van der Waals surface area contributed by atoms with Crippen molar-refractivity contribution >= 4 is 65.9 Å². The van der Waals surface area contributed by atoms with E-state index < -0.39 is 5.60 Å². The first-order valence-electron chi connectivity index (χ1n) is 17.4. The second-order valence-corrected chi connectivity index (χ2v) is 15.6. The van der Waals surface area contributed by atoms with Crippen molar-refractivity contribution in [2.45, 2.75) is 78.2 Å². The molecule has 2 aliphatic heterocycles. The molecule has 0 spiro atoms. The molecule has 0 bridgehead atoms. The molecule has 14 heteroatoms. The maximum absolute atomic E-state index is 12.6. The van der Waals surface area contributed by atoms with Crippen molar-refractivity contribution in [2.75, 3.05) is 20.2 Å². The van der Waals surface area contributed by atoms with Crippen LogP contribution in [0.5, 0.6) is 0 Å². The van der Waals surface area contributed by atoms with Crippen molar-refractivity contribution in [3.63, 3.8) is 0 Å². The van der Waals surface area contributed by atoms with Crippen LogP contribution in [0.4, 0.5) is 9.59 Å². The Morgan fingerprint density at radius 3 is 1.65 bits per heavy atom. The molecule has 55 heavy (non-hydrogen) atoms. The zero-order valence-electron chi connectivity index (χ0n) is 30.5. The Labute approximate surface area is 337 Å². The fourth-order valence-corrected chi connectivity index (χ4v) is 7.31. The van der Waals surface area contributed by atoms with Crippen LogP contribution >= 0.6 is 31.9 Å². The molecule has 2 saturated heterocycles. The highest BCUT2D eigenvalue weighted by Gasteiger charge is 2.34. The van der Waals surface area contributed by atoms with Gasteiger partial charge >= 0.3 is 12.2 Å². The van der Waals surface area contributed by atoms with Gasteiger partial charge in [-0.15, -0.1) is 0 Å². The first kappa shape index (κ1) is 44.9. The lowest BCUT2D eigenvalue weighted by molar-refractivity contribution is -0.325. The van der Waals surface area contributed by atoms with E-state index in [0.717, 1.165) is 69.7 Å². The molecule has 296 valence electrons. The van der Waals surface area contributed by atoms with Gasteiger partial charge in [-0.2, -0.15) is 7.11 Å². The number of H-pyrrole nitrogens is 2. The number of aromatic nitrogens is 2. The van der Waals surface area contributed by atoms with Crippen LogP contribution < -0.4 is 16.0 Å². The highest BCUT2D eigenvalue weighted by atomic mass is 79.9. The number of halogens is 2. The Balaban J connectivity index is 0.000000275. The molecule has 2 aliphatic rings. The zero-order chi connectivity index (χ0) is 38.3. The van der Waals surface area contributed by atoms with Crippen LogP contribution in [0.3, 0.4) is 0 Å². The average molecular weight is 884 g/mol. The highest BCUT2D eigenvalue weighted by molar-refractivity contribution is 9.10. The first-order chi connectivity index (χ1) is 25.4. The summed E-state index contributed by atoms with van der Waals surface area (Å²) in [7, 11) is 0.750. The predicted molar refractivity (Wildman–Crippen MR) is 218 cm³/mol. The van der Waals surface area contributed by atoms with Crippen molar-refractivity contribution in [3.8, 4) is 0 Å². The second kappa shape index (κ2) is 19.9. The summed E-state index contributed by atoms with van der Waals surface area (Å²) in [5, 5.41) is 9.53. The predicted octanol–water partition coefficient (Wildman–Crippen LogP) is 8.62. The van der Waals surface area contributed by atoms with Gasteiger partial charge in [-0.1, -0.05) is 69.6 Å². The molecule has 2 aromatic heterocycles. The standard InChI is InChI=1S/C21H19BrN2O3.C18H21BrN2O3.CH3O.CH4.O/c22-15-8-9-16-17(11-15)23-18(12-20(16)25)19-7-4-10-24(19)21(26)27-13-14-5-2-1-3-6-14;1-18(2,3)24-17(23)21-8-4-5-15(21)14-10-16(22)12-7-6-11(19)9-13(12)20-14;1-2;;/h1-3,5-6,8-9,11-12,19H,4,7,10,13H2,(H,23,25);6-7,9-10,15H,4-5,8H2,1-3H3,(H,20,22);1H3;1H4;/q;;-1;;-2. The number of nitrogens with one attached hydrogen (secondary N) is 2. The van der Waals surface area contributed by atoms with Crippen LogP contribution in [0.1, 0.15) is 82.9 Å². The summed E-state index contributed by atoms with van der Waals surface area (Å²) in [5.41, 5.74) is 3.36. The summed E-state index contributed by atoms with van der Waals surface area (Å²) in [6.07, 6.45) is 2.70. The molecule has 12 nitrogen and oxygen atoms in total. The molecule has 3 aromatic carbocycles. The SMILES string of the molecule is C.CC(C)(C)OC(=O)N1CCCC1c1cc(=O)c2ccc(Br)cc2[nH]1.C[O-].O=C(OCc1ccccc1)N1CCCC1c1cc(=O)c2ccc(Br)cc2[nH]1.[O-2]. The maximum Gasteiger partial charge on any atom is 0.410 e. The Bertz CT molecular complexity index is 2190. The normalized spacial score (nSPS) is 16.2. The number of rotatable bonds is 4. The van der Waals surface area contributed by atoms with Gasteiger partial charge in [0.25, 0.3) is 0 Å². The van der Waals surface area contributed by atoms with E-state index in [1.54, 1.807) is 34.1 Å². The van der Waals surface area contributed by atoms with E-state index in [0.29, 0.717) is 23.9 Å². The molecule has 4 heterocycles. The second-order valence-electron chi connectivity index (χ2n) is 13.8. The van der Waals surface area contributed by atoms with Crippen molar-refractivity contribution < 1.29 is 29.6 Å². The van der Waals surface area contributed by atoms with Crippen LogP contribution in [-0.2, 0) is 21.6 Å². The minimum Gasteiger partial charge on any atom is -2.00 e. The number of hydrogen-bond acceptors (Lipinski definition) is 7. The number of aromatic amines is 2. The largest absolute Gasteiger partial charge is 2.00 e. The van der Waals surface area contributed by atoms with E-state index in [4.69, 9.17) is 14.6 Å². The lowest BCUT2D eigenvalue weighted by Gasteiger charge is -2.28. The molecule has 2 unspecified atom stereocenters. The third-order valence-electron chi connectivity index (χ3n) is 8.92. The monoisotopic (exact) mass is 881 g/mol. The number of pyridine rings is 2. The van der Waals surface area contributed by atoms with Crippen LogP contribution in [0.2, 0.25) is 0 Å². The number of hydrogen-bond donors (Lipinski definition) is 2. The fraction of sp³-hybridized carbons (Fsp3) is 0.366. The number of carbonyl (C=O) groups is 2. The summed E-state index contributed by atoms with van der Waals surface area (Å²) < 4.78 is 12.8. The van der Waals surface area contributed by atoms with E-state index in [1.165, 1.54) is 0 Å². The Morgan fingerprint density at radius 1 is 0.745 bits per heavy atom. The summed E-state index contributed by atoms with van der Waals surface area (Å²) in [6, 6.07) is 23.5. The van der Waals surface area contributed by atoms with Gasteiger partial charge in [-0.05, 0) is 88.4 Å². The Hall–Kier alpha value is -4.50. The smallest absolute Gasteiger partial charge is 0.410 e. The highest BCUT2D eigenvalue weighted by Crippen LogP contribution is 2.34. The summed E-state index contributed by atoms with van der Waals surface area (Å²) >= 11 is 6.86. The zero-order valence-corrected chi connectivity index (χ0v) is 33.7. The van der Waals surface area contributed by atoms with Crippen LogP contribution in [0, 0.1) is 0 Å². The van der Waals surface area contributed by atoms with Gasteiger partial charge < -0.3 is 30.0 Å². The fourth-order valence-electron chi connectivity index (χ4n) is 6.59. The summed E-state index contributed by atoms with van der Waals surface area (Å²) in [6.45, 7) is 7.06. The topological polar surface area (TPSA) is 176 Å². The van der Waals surface area contributed by atoms with E-state index in [-0.39, 0.29) is 54.6 Å². The Morgan fingerprint density at radius 2 is 1.20 bits per heavy atom. The van der Waals surface area contributed by atoms with Crippen molar-refractivity contribution in [1.82, 2.24) is 19.8 Å². The molecule has 2 atom stereocenters. The minimum atomic E-state index is -0.536. The van der Waals surface area contributed by atoms with Gasteiger partial charge in [0.05, 0.1) is 23.1 Å². The number of ether oxygens (including phenoxy) is 2. The third-order valence-corrected chi connectivity index (χ3v) is 9.90. The van der Waals surface area contributed by atoms with Crippen LogP contribution in [0.15, 0.2) is 97.4 Å². The average Bonchev–Trinajstić information content (AvgIpc) is 3.82. The quantitative estimate of drug-likeness (QED) is 0.182. The lowest BCUT2D eigenvalue weighted by Crippen LogP contribution is -2.36. The molecule has 0 aliphatic carbocycles. The minimum absolute atomic E-state index is 0. The number of amides is 2. The molecule has 2 fully saturated rings. The van der Waals surface area contributed by atoms with Gasteiger partial charge in [0.1, 0.15) is 12.2 Å². The van der Waals surface area contributed by atoms with E-state index >= 15 is 0 Å². The molecule has 5 aromatic rings. The summed E-state index contributed by atoms with van der Waals surface area (Å²) in [4.78, 5) is 60.0. The Kier molecular flexibility index (Phi) is 16.2. The number of benzene rings is 3. The molecular formula is C41H47Br2N4O8-3. The van der Waals surface area contributed by atoms with Gasteiger partial charge in [-0.3, -0.25) is 19.4 Å². The van der Waals surface area contributed by atoms with Gasteiger partial charge in [0, 0.05) is 56.3 Å². The molecule has 0 radical (unpaired) electrons. The van der Waals surface area contributed by atoms with Gasteiger partial charge in [0.2, 0.25) is 0 Å². The summed E-state index contributed by atoms with van der Waals surface area (Å²) in [5.74, 6) is 0.